The Kier molecular flexibility index (Phi) is 7.00. The SMILES string of the molecule is N/C(=C(/N)c1nc2cc(C(F)(F)F)ccc2[nH]c1=O)c1cccc(C(=O)N2CCN(CCO)CC2)c1. The number of halogens is 3. The second-order valence-corrected chi connectivity index (χ2v) is 8.41. The van der Waals surface area contributed by atoms with Crippen LogP contribution in [0.3, 0.4) is 0 Å². The minimum atomic E-state index is -4.58. The summed E-state index contributed by atoms with van der Waals surface area (Å²) in [6.07, 6.45) is -4.58. The lowest BCUT2D eigenvalue weighted by Crippen LogP contribution is -2.49. The Morgan fingerprint density at radius 1 is 1.03 bits per heavy atom. The van der Waals surface area contributed by atoms with E-state index in [9.17, 15) is 22.8 Å². The normalized spacial score (nSPS) is 15.7. The van der Waals surface area contributed by atoms with Gasteiger partial charge >= 0.3 is 6.18 Å². The maximum absolute atomic E-state index is 13.1. The number of piperazine rings is 1. The van der Waals surface area contributed by atoms with Crippen LogP contribution in [0.25, 0.3) is 22.4 Å². The van der Waals surface area contributed by atoms with Gasteiger partial charge in [0.1, 0.15) is 0 Å². The number of β-amino-alcohol motifs (C(OH)–C–C–N with tert-alkyl or cyclic N) is 1. The second-order valence-electron chi connectivity index (χ2n) is 8.41. The molecule has 1 aliphatic rings. The Morgan fingerprint density at radius 3 is 2.39 bits per heavy atom. The lowest BCUT2D eigenvalue weighted by Gasteiger charge is -2.34. The summed E-state index contributed by atoms with van der Waals surface area (Å²) in [5.41, 5.74) is 10.9. The molecule has 2 heterocycles. The molecule has 0 atom stereocenters. The van der Waals surface area contributed by atoms with Crippen LogP contribution in [-0.2, 0) is 6.18 Å². The van der Waals surface area contributed by atoms with Gasteiger partial charge in [0.05, 0.1) is 34.6 Å². The summed E-state index contributed by atoms with van der Waals surface area (Å²) in [6.45, 7) is 2.92. The molecule has 0 unspecified atom stereocenters. The second kappa shape index (κ2) is 9.99. The summed E-state index contributed by atoms with van der Waals surface area (Å²) in [5.74, 6) is -0.201. The van der Waals surface area contributed by atoms with E-state index in [1.807, 2.05) is 0 Å². The number of rotatable bonds is 5. The number of carbonyl (C=O) groups excluding carboxylic acids is 1. The van der Waals surface area contributed by atoms with Crippen LogP contribution in [0.4, 0.5) is 13.2 Å². The average molecular weight is 502 g/mol. The van der Waals surface area contributed by atoms with E-state index < -0.39 is 17.3 Å². The Bertz CT molecular complexity index is 1380. The molecule has 1 aromatic heterocycles. The third kappa shape index (κ3) is 5.19. The van der Waals surface area contributed by atoms with Crippen molar-refractivity contribution < 1.29 is 23.1 Å². The Labute approximate surface area is 203 Å². The number of aliphatic hydroxyl groups excluding tert-OH is 1. The van der Waals surface area contributed by atoms with Gasteiger partial charge in [-0.05, 0) is 30.3 Å². The van der Waals surface area contributed by atoms with Gasteiger partial charge in [-0.1, -0.05) is 12.1 Å². The average Bonchev–Trinajstić information content (AvgIpc) is 2.87. The number of hydrogen-bond donors (Lipinski definition) is 4. The number of aromatic amines is 1. The van der Waals surface area contributed by atoms with Gasteiger partial charge in [0.2, 0.25) is 0 Å². The summed E-state index contributed by atoms with van der Waals surface area (Å²) in [5, 5.41) is 9.08. The van der Waals surface area contributed by atoms with Crippen LogP contribution in [0, 0.1) is 0 Å². The maximum Gasteiger partial charge on any atom is 0.416 e. The fourth-order valence-electron chi connectivity index (χ4n) is 4.04. The van der Waals surface area contributed by atoms with Gasteiger partial charge in [-0.25, -0.2) is 4.98 Å². The number of fused-ring (bicyclic) bond motifs is 1. The van der Waals surface area contributed by atoms with Gasteiger partial charge in [-0.3, -0.25) is 14.5 Å². The van der Waals surface area contributed by atoms with Crippen molar-refractivity contribution in [3.05, 3.63) is 75.2 Å². The molecular formula is C24H25F3N6O3. The van der Waals surface area contributed by atoms with Gasteiger partial charge < -0.3 is 26.5 Å². The molecule has 36 heavy (non-hydrogen) atoms. The zero-order valence-corrected chi connectivity index (χ0v) is 19.2. The summed E-state index contributed by atoms with van der Waals surface area (Å²) in [4.78, 5) is 35.8. The number of aliphatic hydroxyl groups is 1. The highest BCUT2D eigenvalue weighted by atomic mass is 19.4. The van der Waals surface area contributed by atoms with Crippen LogP contribution in [0.1, 0.15) is 27.2 Å². The Hall–Kier alpha value is -3.90. The molecule has 4 rings (SSSR count). The molecule has 1 amide bonds. The topological polar surface area (TPSA) is 142 Å². The molecule has 2 aromatic carbocycles. The molecule has 0 saturated carbocycles. The molecule has 1 saturated heterocycles. The third-order valence-corrected chi connectivity index (χ3v) is 6.06. The maximum atomic E-state index is 13.1. The first-order valence-electron chi connectivity index (χ1n) is 11.2. The van der Waals surface area contributed by atoms with E-state index in [0.29, 0.717) is 43.9 Å². The lowest BCUT2D eigenvalue weighted by molar-refractivity contribution is -0.137. The minimum Gasteiger partial charge on any atom is -0.397 e. The van der Waals surface area contributed by atoms with E-state index in [-0.39, 0.29) is 40.6 Å². The van der Waals surface area contributed by atoms with Crippen LogP contribution >= 0.6 is 0 Å². The largest absolute Gasteiger partial charge is 0.416 e. The number of amides is 1. The molecule has 9 nitrogen and oxygen atoms in total. The first-order chi connectivity index (χ1) is 17.1. The van der Waals surface area contributed by atoms with Crippen LogP contribution in [0.5, 0.6) is 0 Å². The van der Waals surface area contributed by atoms with Gasteiger partial charge in [0.25, 0.3) is 11.5 Å². The minimum absolute atomic E-state index is 0.0401. The quantitative estimate of drug-likeness (QED) is 0.414. The first kappa shape index (κ1) is 25.2. The zero-order valence-electron chi connectivity index (χ0n) is 19.2. The molecule has 0 radical (unpaired) electrons. The molecule has 1 fully saturated rings. The molecule has 0 aliphatic carbocycles. The molecule has 0 spiro atoms. The molecule has 1 aliphatic heterocycles. The summed E-state index contributed by atoms with van der Waals surface area (Å²) < 4.78 is 39.3. The first-order valence-corrected chi connectivity index (χ1v) is 11.2. The number of alkyl halides is 3. The summed E-state index contributed by atoms with van der Waals surface area (Å²) >= 11 is 0. The summed E-state index contributed by atoms with van der Waals surface area (Å²) in [7, 11) is 0. The number of aromatic nitrogens is 2. The predicted molar refractivity (Wildman–Crippen MR) is 128 cm³/mol. The predicted octanol–water partition coefficient (Wildman–Crippen LogP) is 1.44. The number of hydrogen-bond acceptors (Lipinski definition) is 7. The molecular weight excluding hydrogens is 477 g/mol. The third-order valence-electron chi connectivity index (χ3n) is 6.06. The van der Waals surface area contributed by atoms with Crippen LogP contribution < -0.4 is 17.0 Å². The van der Waals surface area contributed by atoms with Gasteiger partial charge in [0, 0.05) is 43.9 Å². The van der Waals surface area contributed by atoms with E-state index in [1.165, 1.54) is 0 Å². The fourth-order valence-corrected chi connectivity index (χ4v) is 4.04. The van der Waals surface area contributed by atoms with Crippen molar-refractivity contribution >= 4 is 28.3 Å². The smallest absolute Gasteiger partial charge is 0.397 e. The van der Waals surface area contributed by atoms with Crippen LogP contribution in [0.15, 0.2) is 47.3 Å². The fraction of sp³-hybridized carbons (Fsp3) is 0.292. The number of nitrogens with two attached hydrogens (primary N) is 2. The highest BCUT2D eigenvalue weighted by molar-refractivity contribution is 5.96. The van der Waals surface area contributed by atoms with E-state index in [0.717, 1.165) is 18.2 Å². The number of nitrogens with one attached hydrogen (secondary N) is 1. The van der Waals surface area contributed by atoms with Crippen molar-refractivity contribution in [1.82, 2.24) is 19.8 Å². The lowest BCUT2D eigenvalue weighted by atomic mass is 10.0. The number of nitrogens with zero attached hydrogens (tertiary/aromatic N) is 3. The highest BCUT2D eigenvalue weighted by Crippen LogP contribution is 2.30. The van der Waals surface area contributed by atoms with E-state index >= 15 is 0 Å². The van der Waals surface area contributed by atoms with Crippen LogP contribution in [-0.4, -0.2) is 70.1 Å². The Balaban J connectivity index is 1.64. The van der Waals surface area contributed by atoms with Crippen molar-refractivity contribution in [3.63, 3.8) is 0 Å². The van der Waals surface area contributed by atoms with Gasteiger partial charge in [-0.2, -0.15) is 13.2 Å². The molecule has 190 valence electrons. The van der Waals surface area contributed by atoms with Crippen molar-refractivity contribution in [2.24, 2.45) is 11.5 Å². The molecule has 12 heteroatoms. The van der Waals surface area contributed by atoms with Gasteiger partial charge in [0.15, 0.2) is 5.69 Å². The standard InChI is InChI=1S/C24H25F3N6O3/c25-24(26,27)16-4-5-17-18(13-16)30-21(22(35)31-17)20(29)19(28)14-2-1-3-15(12-14)23(36)33-8-6-32(7-9-33)10-11-34/h1-5,12-13,34H,6-11,28-29H2,(H,31,35)/b20-19+. The Morgan fingerprint density at radius 2 is 1.72 bits per heavy atom. The molecule has 3 aromatic rings. The van der Waals surface area contributed by atoms with Crippen molar-refractivity contribution in [2.75, 3.05) is 39.3 Å². The molecule has 6 N–H and O–H groups in total. The van der Waals surface area contributed by atoms with Crippen molar-refractivity contribution in [3.8, 4) is 0 Å². The number of carbonyl (C=O) groups is 1. The van der Waals surface area contributed by atoms with Crippen molar-refractivity contribution in [1.29, 1.82) is 0 Å². The van der Waals surface area contributed by atoms with E-state index in [4.69, 9.17) is 16.6 Å². The zero-order chi connectivity index (χ0) is 26.0. The van der Waals surface area contributed by atoms with Crippen LogP contribution in [0.2, 0.25) is 0 Å². The monoisotopic (exact) mass is 502 g/mol. The van der Waals surface area contributed by atoms with E-state index in [1.54, 1.807) is 29.2 Å². The van der Waals surface area contributed by atoms with Gasteiger partial charge in [-0.15, -0.1) is 0 Å². The number of benzene rings is 2. The highest BCUT2D eigenvalue weighted by Gasteiger charge is 2.31. The number of H-pyrrole nitrogens is 1. The van der Waals surface area contributed by atoms with E-state index in [2.05, 4.69) is 14.9 Å². The van der Waals surface area contributed by atoms with Crippen molar-refractivity contribution in [2.45, 2.75) is 6.18 Å². The summed E-state index contributed by atoms with van der Waals surface area (Å²) in [6, 6.07) is 9.20. The molecule has 0 bridgehead atoms.